The van der Waals surface area contributed by atoms with E-state index in [1.165, 1.54) is 0 Å². The predicted molar refractivity (Wildman–Crippen MR) is 104 cm³/mol. The summed E-state index contributed by atoms with van der Waals surface area (Å²) < 4.78 is 36.2. The average molecular weight is 429 g/mol. The molecule has 9 heteroatoms. The molecule has 1 aliphatic rings. The van der Waals surface area contributed by atoms with Gasteiger partial charge in [0.25, 0.3) is 0 Å². The van der Waals surface area contributed by atoms with Crippen molar-refractivity contribution in [3.8, 4) is 0 Å². The van der Waals surface area contributed by atoms with Gasteiger partial charge in [0.1, 0.15) is 0 Å². The van der Waals surface area contributed by atoms with Crippen LogP contribution in [0.5, 0.6) is 0 Å². The second-order valence-corrected chi connectivity index (χ2v) is 8.30. The van der Waals surface area contributed by atoms with E-state index in [0.29, 0.717) is 24.9 Å². The third kappa shape index (κ3) is 5.82. The molecule has 2 aromatic rings. The molecule has 3 rings (SSSR count). The van der Waals surface area contributed by atoms with Gasteiger partial charge in [-0.3, -0.25) is 8.98 Å². The smallest absolute Gasteiger partial charge is 0.726 e. The molecule has 0 atom stereocenters. The Hall–Kier alpha value is -0.870. The Morgan fingerprint density at radius 3 is 2.57 bits per heavy atom. The largest absolute Gasteiger partial charge is 1.00 e. The zero-order valence-electron chi connectivity index (χ0n) is 15.9. The van der Waals surface area contributed by atoms with Gasteiger partial charge in [-0.1, -0.05) is 36.9 Å². The Kier molecular flexibility index (Phi) is 8.57. The summed E-state index contributed by atoms with van der Waals surface area (Å²) in [5, 5.41) is 0. The summed E-state index contributed by atoms with van der Waals surface area (Å²) in [5.41, 5.74) is 2.56. The molecule has 6 nitrogen and oxygen atoms in total. The molecule has 1 aliphatic heterocycles. The van der Waals surface area contributed by atoms with Crippen LogP contribution in [0.15, 0.2) is 52.3 Å². The standard InChI is InChI=1S/C19H21NO5S2.Na/c1-2-6-17(21)14-9-10-19-16(13-14)20(11-5-12-25-27(22,23)24)15-7-3-4-8-18(15)26-19;/h3-4,7-10,13H,2,5-6,11-12H2,1H3,(H,22,23,24);/q;+1/p-1. The first-order valence-electron chi connectivity index (χ1n) is 8.71. The van der Waals surface area contributed by atoms with Crippen molar-refractivity contribution >= 4 is 39.3 Å². The maximum atomic E-state index is 12.3. The first-order valence-corrected chi connectivity index (χ1v) is 10.9. The molecule has 0 amide bonds. The van der Waals surface area contributed by atoms with E-state index in [2.05, 4.69) is 4.18 Å². The van der Waals surface area contributed by atoms with Gasteiger partial charge < -0.3 is 9.45 Å². The molecule has 0 radical (unpaired) electrons. The van der Waals surface area contributed by atoms with E-state index in [1.807, 2.05) is 54.3 Å². The van der Waals surface area contributed by atoms with Crippen LogP contribution in [0, 0.1) is 0 Å². The number of hydrogen-bond acceptors (Lipinski definition) is 7. The van der Waals surface area contributed by atoms with Gasteiger partial charge in [0, 0.05) is 28.3 Å². The Labute approximate surface area is 191 Å². The molecule has 28 heavy (non-hydrogen) atoms. The number of Topliss-reactive ketones (excluding diaryl/α,β-unsaturated/α-hetero) is 1. The Bertz CT molecular complexity index is 949. The molecule has 0 bridgehead atoms. The molecular weight excluding hydrogens is 409 g/mol. The first kappa shape index (κ1) is 23.4. The quantitative estimate of drug-likeness (QED) is 0.204. The number of carbonyl (C=O) groups excluding carboxylic acids is 1. The van der Waals surface area contributed by atoms with Crippen LogP contribution in [0.3, 0.4) is 0 Å². The molecule has 1 heterocycles. The molecular formula is C19H20NNaO5S2. The number of benzene rings is 2. The van der Waals surface area contributed by atoms with Crippen molar-refractivity contribution < 1.29 is 51.5 Å². The summed E-state index contributed by atoms with van der Waals surface area (Å²) in [4.78, 5) is 16.5. The normalized spacial score (nSPS) is 12.7. The molecule has 2 aromatic carbocycles. The van der Waals surface area contributed by atoms with Crippen molar-refractivity contribution in [3.05, 3.63) is 48.0 Å². The number of carbonyl (C=O) groups is 1. The zero-order valence-corrected chi connectivity index (χ0v) is 19.5. The van der Waals surface area contributed by atoms with Crippen molar-refractivity contribution in [2.45, 2.75) is 36.0 Å². The van der Waals surface area contributed by atoms with Crippen molar-refractivity contribution in [3.63, 3.8) is 0 Å². The summed E-state index contributed by atoms with van der Waals surface area (Å²) in [6.45, 7) is 2.26. The van der Waals surface area contributed by atoms with Gasteiger partial charge in [0.15, 0.2) is 5.78 Å². The topological polar surface area (TPSA) is 86.7 Å². The van der Waals surface area contributed by atoms with Gasteiger partial charge in [-0.15, -0.1) is 0 Å². The van der Waals surface area contributed by atoms with Crippen molar-refractivity contribution in [1.82, 2.24) is 0 Å². The van der Waals surface area contributed by atoms with E-state index in [4.69, 9.17) is 0 Å². The predicted octanol–water partition coefficient (Wildman–Crippen LogP) is 1.14. The number of nitrogens with zero attached hydrogens (tertiary/aromatic N) is 1. The maximum absolute atomic E-state index is 12.3. The molecule has 0 spiro atoms. The minimum absolute atomic E-state index is 0. The van der Waals surface area contributed by atoms with Crippen LogP contribution in [0.1, 0.15) is 36.5 Å². The number of anilines is 2. The van der Waals surface area contributed by atoms with Gasteiger partial charge in [-0.25, -0.2) is 8.42 Å². The maximum Gasteiger partial charge on any atom is 1.00 e. The summed E-state index contributed by atoms with van der Waals surface area (Å²) >= 11 is 1.63. The molecule has 0 N–H and O–H groups in total. The van der Waals surface area contributed by atoms with Crippen LogP contribution in [0.2, 0.25) is 0 Å². The van der Waals surface area contributed by atoms with Crippen LogP contribution in [0.4, 0.5) is 11.4 Å². The van der Waals surface area contributed by atoms with Crippen LogP contribution < -0.4 is 34.5 Å². The SMILES string of the molecule is CCCC(=O)c1ccc2c(c1)N(CCCOS(=O)(=O)[O-])c1ccccc1S2.[Na+]. The van der Waals surface area contributed by atoms with E-state index < -0.39 is 10.4 Å². The van der Waals surface area contributed by atoms with Crippen LogP contribution in [-0.4, -0.2) is 31.9 Å². The van der Waals surface area contributed by atoms with Crippen molar-refractivity contribution in [1.29, 1.82) is 0 Å². The minimum atomic E-state index is -4.69. The number of rotatable bonds is 8. The van der Waals surface area contributed by atoms with Gasteiger partial charge >= 0.3 is 29.6 Å². The second-order valence-electron chi connectivity index (χ2n) is 6.16. The Morgan fingerprint density at radius 1 is 1.14 bits per heavy atom. The fourth-order valence-corrected chi connectivity index (χ4v) is 4.40. The molecule has 0 aliphatic carbocycles. The van der Waals surface area contributed by atoms with Crippen LogP contribution >= 0.6 is 11.8 Å². The summed E-state index contributed by atoms with van der Waals surface area (Å²) in [5.74, 6) is 0.102. The average Bonchev–Trinajstić information content (AvgIpc) is 2.63. The minimum Gasteiger partial charge on any atom is -0.726 e. The Balaban J connectivity index is 0.00000280. The molecule has 0 fully saturated rings. The molecule has 0 saturated heterocycles. The molecule has 0 saturated carbocycles. The van der Waals surface area contributed by atoms with Gasteiger partial charge in [-0.05, 0) is 37.1 Å². The van der Waals surface area contributed by atoms with Crippen molar-refractivity contribution in [2.24, 2.45) is 0 Å². The van der Waals surface area contributed by atoms with Gasteiger partial charge in [0.05, 0.1) is 18.0 Å². The van der Waals surface area contributed by atoms with Gasteiger partial charge in [-0.2, -0.15) is 0 Å². The summed E-state index contributed by atoms with van der Waals surface area (Å²) in [6, 6.07) is 13.6. The number of ketones is 1. The van der Waals surface area contributed by atoms with E-state index in [9.17, 15) is 17.8 Å². The van der Waals surface area contributed by atoms with Gasteiger partial charge in [0.2, 0.25) is 10.4 Å². The monoisotopic (exact) mass is 429 g/mol. The van der Waals surface area contributed by atoms with Crippen LogP contribution in [-0.2, 0) is 14.6 Å². The molecule has 144 valence electrons. The van der Waals surface area contributed by atoms with E-state index in [-0.39, 0.29) is 41.9 Å². The summed E-state index contributed by atoms with van der Waals surface area (Å²) in [7, 11) is -4.69. The molecule has 0 unspecified atom stereocenters. The van der Waals surface area contributed by atoms with Crippen LogP contribution in [0.25, 0.3) is 0 Å². The Morgan fingerprint density at radius 2 is 1.86 bits per heavy atom. The number of fused-ring (bicyclic) bond motifs is 2. The van der Waals surface area contributed by atoms with E-state index in [0.717, 1.165) is 27.6 Å². The fraction of sp³-hybridized carbons (Fsp3) is 0.316. The summed E-state index contributed by atoms with van der Waals surface area (Å²) in [6.07, 6.45) is 1.64. The third-order valence-corrected chi connectivity index (χ3v) is 5.76. The number of para-hydroxylation sites is 1. The first-order chi connectivity index (χ1) is 12.9. The van der Waals surface area contributed by atoms with E-state index in [1.54, 1.807) is 11.8 Å². The van der Waals surface area contributed by atoms with Crippen molar-refractivity contribution in [2.75, 3.05) is 18.1 Å². The molecule has 0 aromatic heterocycles. The zero-order chi connectivity index (χ0) is 19.4. The third-order valence-electron chi connectivity index (χ3n) is 4.18. The fourth-order valence-electron chi connectivity index (χ4n) is 3.00. The second kappa shape index (κ2) is 10.2. The number of hydrogen-bond donors (Lipinski definition) is 0. The van der Waals surface area contributed by atoms with E-state index >= 15 is 0 Å².